The minimum atomic E-state index is -0.824. The lowest BCUT2D eigenvalue weighted by Gasteiger charge is -2.33. The highest BCUT2D eigenvalue weighted by Crippen LogP contribution is 2.27. The lowest BCUT2D eigenvalue weighted by Crippen LogP contribution is -2.40. The van der Waals surface area contributed by atoms with Gasteiger partial charge in [0.2, 0.25) is 0 Å². The van der Waals surface area contributed by atoms with Gasteiger partial charge < -0.3 is 28.4 Å². The van der Waals surface area contributed by atoms with E-state index in [1.54, 1.807) is 0 Å². The summed E-state index contributed by atoms with van der Waals surface area (Å²) in [6.07, 6.45) is 34.5. The molecule has 0 aromatic heterocycles. The van der Waals surface area contributed by atoms with E-state index in [1.807, 2.05) is 0 Å². The zero-order valence-electron chi connectivity index (χ0n) is 33.5. The average molecular weight is 687 g/mol. The van der Waals surface area contributed by atoms with Crippen molar-refractivity contribution in [2.75, 3.05) is 39.6 Å². The predicted octanol–water partition coefficient (Wildman–Crippen LogP) is 13.4. The van der Waals surface area contributed by atoms with Gasteiger partial charge in [0.05, 0.1) is 39.6 Å². The van der Waals surface area contributed by atoms with Gasteiger partial charge in [0, 0.05) is 12.8 Å². The van der Waals surface area contributed by atoms with Crippen LogP contribution in [0.25, 0.3) is 0 Å². The molecule has 0 aliphatic heterocycles. The number of rotatable bonds is 41. The molecule has 48 heavy (non-hydrogen) atoms. The molecule has 0 heterocycles. The van der Waals surface area contributed by atoms with Crippen molar-refractivity contribution >= 4 is 0 Å². The molecule has 0 unspecified atom stereocenters. The highest BCUT2D eigenvalue weighted by Gasteiger charge is 2.33. The maximum absolute atomic E-state index is 6.10. The molecule has 6 nitrogen and oxygen atoms in total. The van der Waals surface area contributed by atoms with Gasteiger partial charge in [-0.3, -0.25) is 0 Å². The number of unbranched alkanes of at least 4 members (excludes halogenated alkanes) is 19. The van der Waals surface area contributed by atoms with E-state index < -0.39 is 11.9 Å². The van der Waals surface area contributed by atoms with Gasteiger partial charge in [-0.15, -0.1) is 0 Å². The third kappa shape index (κ3) is 28.5. The Hall–Kier alpha value is -0.240. The topological polar surface area (TPSA) is 55.4 Å². The zero-order valence-corrected chi connectivity index (χ0v) is 33.5. The van der Waals surface area contributed by atoms with E-state index in [4.69, 9.17) is 28.4 Å². The molecule has 0 aliphatic carbocycles. The number of hydrogen-bond acceptors (Lipinski definition) is 6. The third-order valence-corrected chi connectivity index (χ3v) is 8.87. The van der Waals surface area contributed by atoms with Gasteiger partial charge in [-0.25, -0.2) is 0 Å². The van der Waals surface area contributed by atoms with Crippen molar-refractivity contribution < 1.29 is 28.4 Å². The van der Waals surface area contributed by atoms with Crippen LogP contribution in [0.1, 0.15) is 221 Å². The summed E-state index contributed by atoms with van der Waals surface area (Å²) in [6, 6.07) is 0. The summed E-state index contributed by atoms with van der Waals surface area (Å²) in [5, 5.41) is 0. The van der Waals surface area contributed by atoms with Gasteiger partial charge in [0.25, 0.3) is 11.9 Å². The van der Waals surface area contributed by atoms with Crippen LogP contribution in [0.2, 0.25) is 0 Å². The van der Waals surface area contributed by atoms with Crippen molar-refractivity contribution in [3.05, 3.63) is 0 Å². The standard InChI is InChI=1S/C42H86O6/c1-7-35-43-41(44-36-8-2,45-37-9-3)33-31-29-27-25-23-21-19-17-15-13-14-16-18-20-22-24-26-28-30-32-34-42(46-38-10-4,47-39-11-5)48-40-12-6/h7-40H2,1-6H3. The second-order valence-corrected chi connectivity index (χ2v) is 14.0. The first-order chi connectivity index (χ1) is 23.6. The highest BCUT2D eigenvalue weighted by molar-refractivity contribution is 4.62. The maximum atomic E-state index is 6.10. The first-order valence-electron chi connectivity index (χ1n) is 21.4. The summed E-state index contributed by atoms with van der Waals surface area (Å²) in [6.45, 7) is 17.0. The molecule has 0 atom stereocenters. The summed E-state index contributed by atoms with van der Waals surface area (Å²) < 4.78 is 36.6. The fourth-order valence-electron chi connectivity index (χ4n) is 6.09. The van der Waals surface area contributed by atoms with Crippen LogP contribution >= 0.6 is 0 Å². The van der Waals surface area contributed by atoms with E-state index >= 15 is 0 Å². The van der Waals surface area contributed by atoms with Crippen molar-refractivity contribution in [3.8, 4) is 0 Å². The number of ether oxygens (including phenoxy) is 6. The lowest BCUT2D eigenvalue weighted by molar-refractivity contribution is -0.384. The van der Waals surface area contributed by atoms with Crippen molar-refractivity contribution in [2.45, 2.75) is 233 Å². The van der Waals surface area contributed by atoms with E-state index in [-0.39, 0.29) is 0 Å². The lowest BCUT2D eigenvalue weighted by atomic mass is 10.0. The molecule has 0 radical (unpaired) electrons. The van der Waals surface area contributed by atoms with Crippen LogP contribution < -0.4 is 0 Å². The predicted molar refractivity (Wildman–Crippen MR) is 204 cm³/mol. The molecule has 0 aliphatic rings. The molecular formula is C42H86O6. The maximum Gasteiger partial charge on any atom is 0.282 e. The molecule has 0 aromatic carbocycles. The smallest absolute Gasteiger partial charge is 0.282 e. The minimum absolute atomic E-state index is 0.692. The van der Waals surface area contributed by atoms with Crippen LogP contribution in [0.4, 0.5) is 0 Å². The molecule has 0 amide bonds. The van der Waals surface area contributed by atoms with Gasteiger partial charge in [0.15, 0.2) is 0 Å². The van der Waals surface area contributed by atoms with Crippen LogP contribution in [0.3, 0.4) is 0 Å². The Bertz CT molecular complexity index is 519. The van der Waals surface area contributed by atoms with E-state index in [9.17, 15) is 0 Å². The third-order valence-electron chi connectivity index (χ3n) is 8.87. The fourth-order valence-corrected chi connectivity index (χ4v) is 6.09. The van der Waals surface area contributed by atoms with Gasteiger partial charge >= 0.3 is 0 Å². The van der Waals surface area contributed by atoms with Gasteiger partial charge in [-0.1, -0.05) is 157 Å². The normalized spacial score (nSPS) is 12.4. The molecule has 0 spiro atoms. The molecule has 0 rings (SSSR count). The molecule has 0 aromatic rings. The van der Waals surface area contributed by atoms with E-state index in [0.717, 1.165) is 64.2 Å². The minimum Gasteiger partial charge on any atom is -0.327 e. The first kappa shape index (κ1) is 47.8. The summed E-state index contributed by atoms with van der Waals surface area (Å²) in [5.41, 5.74) is 0. The molecule has 0 bridgehead atoms. The second-order valence-electron chi connectivity index (χ2n) is 14.0. The zero-order chi connectivity index (χ0) is 35.3. The van der Waals surface area contributed by atoms with Crippen LogP contribution in [0.15, 0.2) is 0 Å². The highest BCUT2D eigenvalue weighted by atomic mass is 16.9. The summed E-state index contributed by atoms with van der Waals surface area (Å²) >= 11 is 0. The Morgan fingerprint density at radius 3 is 0.521 bits per heavy atom. The van der Waals surface area contributed by atoms with Gasteiger partial charge in [-0.05, 0) is 51.4 Å². The number of hydrogen-bond donors (Lipinski definition) is 0. The van der Waals surface area contributed by atoms with Crippen LogP contribution in [-0.2, 0) is 28.4 Å². The quantitative estimate of drug-likeness (QED) is 0.0471. The van der Waals surface area contributed by atoms with Crippen molar-refractivity contribution in [1.82, 2.24) is 0 Å². The Kier molecular flexibility index (Phi) is 36.4. The Labute approximate surface area is 300 Å². The van der Waals surface area contributed by atoms with Crippen LogP contribution in [0.5, 0.6) is 0 Å². The Balaban J connectivity index is 3.70. The summed E-state index contributed by atoms with van der Waals surface area (Å²) in [4.78, 5) is 0. The van der Waals surface area contributed by atoms with Crippen molar-refractivity contribution in [1.29, 1.82) is 0 Å². The molecule has 0 fully saturated rings. The Morgan fingerprint density at radius 2 is 0.375 bits per heavy atom. The van der Waals surface area contributed by atoms with Crippen molar-refractivity contribution in [2.24, 2.45) is 0 Å². The van der Waals surface area contributed by atoms with Crippen LogP contribution in [0, 0.1) is 0 Å². The average Bonchev–Trinajstić information content (AvgIpc) is 3.11. The summed E-state index contributed by atoms with van der Waals surface area (Å²) in [5.74, 6) is -1.65. The molecule has 0 saturated heterocycles. The first-order valence-corrected chi connectivity index (χ1v) is 21.4. The van der Waals surface area contributed by atoms with Crippen LogP contribution in [-0.4, -0.2) is 51.6 Å². The summed E-state index contributed by atoms with van der Waals surface area (Å²) in [7, 11) is 0. The molecule has 290 valence electrons. The molecule has 0 N–H and O–H groups in total. The SMILES string of the molecule is CCCOC(CCCCCCCCCCCCCCCCCCCCCCC(OCCC)(OCCC)OCCC)(OCCC)OCCC. The second kappa shape index (κ2) is 36.5. The van der Waals surface area contributed by atoms with E-state index in [2.05, 4.69) is 41.5 Å². The molecule has 0 saturated carbocycles. The Morgan fingerprint density at radius 1 is 0.229 bits per heavy atom. The van der Waals surface area contributed by atoms with Crippen molar-refractivity contribution in [3.63, 3.8) is 0 Å². The van der Waals surface area contributed by atoms with Gasteiger partial charge in [-0.2, -0.15) is 0 Å². The monoisotopic (exact) mass is 687 g/mol. The van der Waals surface area contributed by atoms with E-state index in [0.29, 0.717) is 39.6 Å². The molecule has 6 heteroatoms. The molecular weight excluding hydrogens is 600 g/mol. The fraction of sp³-hybridized carbons (Fsp3) is 1.00. The van der Waals surface area contributed by atoms with E-state index in [1.165, 1.54) is 116 Å². The van der Waals surface area contributed by atoms with Gasteiger partial charge in [0.1, 0.15) is 0 Å². The largest absolute Gasteiger partial charge is 0.327 e.